The van der Waals surface area contributed by atoms with Crippen molar-refractivity contribution < 1.29 is 14.3 Å². The number of nitrogens with zero attached hydrogens (tertiary/aromatic N) is 2. The number of fused-ring (bicyclic) bond motifs is 2. The van der Waals surface area contributed by atoms with E-state index in [0.29, 0.717) is 6.61 Å². The normalized spacial score (nSPS) is 11.3. The number of hydrogen-bond donors (Lipinski definition) is 1. The van der Waals surface area contributed by atoms with Gasteiger partial charge < -0.3 is 9.30 Å². The number of ether oxygens (including phenoxy) is 1. The molecule has 1 heterocycles. The van der Waals surface area contributed by atoms with Gasteiger partial charge in [0.15, 0.2) is 0 Å². The van der Waals surface area contributed by atoms with Gasteiger partial charge in [-0.2, -0.15) is 5.10 Å². The minimum absolute atomic E-state index is 0.121. The smallest absolute Gasteiger partial charge is 0.325 e. The number of amides is 1. The summed E-state index contributed by atoms with van der Waals surface area (Å²) in [4.78, 5) is 24.3. The second-order valence-electron chi connectivity index (χ2n) is 7.14. The molecule has 6 nitrogen and oxygen atoms in total. The number of esters is 1. The van der Waals surface area contributed by atoms with Crippen LogP contribution in [0.3, 0.4) is 0 Å². The average molecular weight is 413 g/mol. The highest BCUT2D eigenvalue weighted by Gasteiger charge is 2.11. The van der Waals surface area contributed by atoms with E-state index >= 15 is 0 Å². The molecule has 4 rings (SSSR count). The summed E-state index contributed by atoms with van der Waals surface area (Å²) in [7, 11) is 0. The molecule has 31 heavy (non-hydrogen) atoms. The number of nitrogens with one attached hydrogen (secondary N) is 1. The first kappa shape index (κ1) is 20.3. The number of hydrazone groups is 1. The molecule has 0 saturated carbocycles. The Labute approximate surface area is 180 Å². The molecule has 1 N–H and O–H groups in total. The number of aromatic nitrogens is 1. The van der Waals surface area contributed by atoms with Crippen LogP contribution in [0, 0.1) is 0 Å². The van der Waals surface area contributed by atoms with Crippen LogP contribution in [-0.4, -0.2) is 29.3 Å². The molecule has 0 saturated heterocycles. The minimum atomic E-state index is -0.296. The maximum atomic E-state index is 12.4. The van der Waals surface area contributed by atoms with Gasteiger partial charge in [0.1, 0.15) is 6.54 Å². The van der Waals surface area contributed by atoms with Crippen molar-refractivity contribution in [1.29, 1.82) is 0 Å². The van der Waals surface area contributed by atoms with Crippen LogP contribution in [0.1, 0.15) is 18.1 Å². The summed E-state index contributed by atoms with van der Waals surface area (Å²) in [6, 6.07) is 21.6. The largest absolute Gasteiger partial charge is 0.465 e. The van der Waals surface area contributed by atoms with Gasteiger partial charge in [-0.25, -0.2) is 5.43 Å². The van der Waals surface area contributed by atoms with Crippen LogP contribution in [0.25, 0.3) is 21.7 Å². The molecule has 0 aliphatic heterocycles. The Bertz CT molecular complexity index is 1270. The van der Waals surface area contributed by atoms with Crippen molar-refractivity contribution in [1.82, 2.24) is 9.99 Å². The Hall–Kier alpha value is -3.93. The predicted octanol–water partition coefficient (Wildman–Crippen LogP) is 4.05. The molecule has 0 bridgehead atoms. The lowest BCUT2D eigenvalue weighted by atomic mass is 10.0. The molecular weight excluding hydrogens is 390 g/mol. The highest BCUT2D eigenvalue weighted by atomic mass is 16.5. The molecule has 4 aromatic rings. The Morgan fingerprint density at radius 1 is 1.00 bits per heavy atom. The Morgan fingerprint density at radius 3 is 2.58 bits per heavy atom. The molecule has 0 aliphatic rings. The molecule has 0 radical (unpaired) electrons. The third kappa shape index (κ3) is 4.64. The molecule has 0 aliphatic carbocycles. The number of carbonyl (C=O) groups is 2. The standard InChI is InChI=1S/C25H23N3O3/c1-2-31-25(30)17-28-16-20(22-12-5-6-13-23(22)28)15-26-27-24(29)14-19-10-7-9-18-8-3-4-11-21(18)19/h3-13,15-16H,2,14,17H2,1H3,(H,27,29)/b26-15-. The van der Waals surface area contributed by atoms with Gasteiger partial charge in [-0.15, -0.1) is 0 Å². The van der Waals surface area contributed by atoms with Crippen molar-refractivity contribution in [2.24, 2.45) is 5.10 Å². The van der Waals surface area contributed by atoms with E-state index in [1.807, 2.05) is 77.5 Å². The lowest BCUT2D eigenvalue weighted by Gasteiger charge is -2.05. The highest BCUT2D eigenvalue weighted by Crippen LogP contribution is 2.21. The van der Waals surface area contributed by atoms with E-state index in [9.17, 15) is 9.59 Å². The van der Waals surface area contributed by atoms with Gasteiger partial charge in [-0.05, 0) is 29.3 Å². The fourth-order valence-electron chi connectivity index (χ4n) is 3.69. The molecule has 0 atom stereocenters. The van der Waals surface area contributed by atoms with E-state index in [4.69, 9.17) is 4.74 Å². The van der Waals surface area contributed by atoms with Crippen molar-refractivity contribution in [2.75, 3.05) is 6.61 Å². The first-order valence-corrected chi connectivity index (χ1v) is 10.2. The quantitative estimate of drug-likeness (QED) is 0.282. The molecule has 1 aromatic heterocycles. The lowest BCUT2D eigenvalue weighted by Crippen LogP contribution is -2.19. The van der Waals surface area contributed by atoms with Gasteiger partial charge >= 0.3 is 5.97 Å². The van der Waals surface area contributed by atoms with Crippen LogP contribution >= 0.6 is 0 Å². The Morgan fingerprint density at radius 2 is 1.74 bits per heavy atom. The maximum absolute atomic E-state index is 12.4. The molecule has 0 fully saturated rings. The molecule has 0 unspecified atom stereocenters. The van der Waals surface area contributed by atoms with Crippen LogP contribution in [0.2, 0.25) is 0 Å². The lowest BCUT2D eigenvalue weighted by molar-refractivity contribution is -0.143. The van der Waals surface area contributed by atoms with Gasteiger partial charge in [-0.3, -0.25) is 9.59 Å². The van der Waals surface area contributed by atoms with E-state index in [1.54, 1.807) is 13.1 Å². The van der Waals surface area contributed by atoms with E-state index in [0.717, 1.165) is 32.8 Å². The zero-order chi connectivity index (χ0) is 21.6. The van der Waals surface area contributed by atoms with Gasteiger partial charge in [-0.1, -0.05) is 60.7 Å². The number of hydrogen-bond acceptors (Lipinski definition) is 4. The van der Waals surface area contributed by atoms with Crippen molar-refractivity contribution in [3.8, 4) is 0 Å². The van der Waals surface area contributed by atoms with Gasteiger partial charge in [0.05, 0.1) is 19.2 Å². The summed E-state index contributed by atoms with van der Waals surface area (Å²) in [5.41, 5.74) is 5.28. The van der Waals surface area contributed by atoms with E-state index < -0.39 is 0 Å². The van der Waals surface area contributed by atoms with Crippen LogP contribution in [-0.2, 0) is 27.3 Å². The topological polar surface area (TPSA) is 72.7 Å². The molecular formula is C25H23N3O3. The summed E-state index contributed by atoms with van der Waals surface area (Å²) < 4.78 is 6.88. The maximum Gasteiger partial charge on any atom is 0.325 e. The van der Waals surface area contributed by atoms with Crippen LogP contribution in [0.15, 0.2) is 78.0 Å². The van der Waals surface area contributed by atoms with Crippen LogP contribution < -0.4 is 5.43 Å². The summed E-state index contributed by atoms with van der Waals surface area (Å²) in [5, 5.41) is 7.25. The van der Waals surface area contributed by atoms with Gasteiger partial charge in [0.2, 0.25) is 5.91 Å². The Kier molecular flexibility index (Phi) is 6.08. The van der Waals surface area contributed by atoms with Crippen LogP contribution in [0.4, 0.5) is 0 Å². The second kappa shape index (κ2) is 9.26. The number of rotatable bonds is 7. The van der Waals surface area contributed by atoms with E-state index in [1.165, 1.54) is 0 Å². The minimum Gasteiger partial charge on any atom is -0.465 e. The fourth-order valence-corrected chi connectivity index (χ4v) is 3.69. The third-order valence-electron chi connectivity index (χ3n) is 5.05. The Balaban J connectivity index is 1.48. The van der Waals surface area contributed by atoms with E-state index in [-0.39, 0.29) is 24.8 Å². The van der Waals surface area contributed by atoms with Gasteiger partial charge in [0.25, 0.3) is 0 Å². The summed E-state index contributed by atoms with van der Waals surface area (Å²) >= 11 is 0. The SMILES string of the molecule is CCOC(=O)Cn1cc(/C=N\NC(=O)Cc2cccc3ccccc23)c2ccccc21. The van der Waals surface area contributed by atoms with Gasteiger partial charge in [0, 0.05) is 22.7 Å². The number of carbonyl (C=O) groups excluding carboxylic acids is 2. The zero-order valence-corrected chi connectivity index (χ0v) is 17.2. The van der Waals surface area contributed by atoms with Crippen molar-refractivity contribution in [3.63, 3.8) is 0 Å². The third-order valence-corrected chi connectivity index (χ3v) is 5.05. The second-order valence-corrected chi connectivity index (χ2v) is 7.14. The molecule has 0 spiro atoms. The molecule has 156 valence electrons. The van der Waals surface area contributed by atoms with Crippen molar-refractivity contribution in [3.05, 3.63) is 84.1 Å². The predicted molar refractivity (Wildman–Crippen MR) is 122 cm³/mol. The van der Waals surface area contributed by atoms with E-state index in [2.05, 4.69) is 10.5 Å². The number of para-hydroxylation sites is 1. The van der Waals surface area contributed by atoms with Crippen molar-refractivity contribution in [2.45, 2.75) is 19.9 Å². The zero-order valence-electron chi connectivity index (χ0n) is 17.2. The summed E-state index contributed by atoms with van der Waals surface area (Å²) in [6.07, 6.45) is 3.68. The summed E-state index contributed by atoms with van der Waals surface area (Å²) in [5.74, 6) is -0.488. The fraction of sp³-hybridized carbons (Fsp3) is 0.160. The van der Waals surface area contributed by atoms with Crippen LogP contribution in [0.5, 0.6) is 0 Å². The summed E-state index contributed by atoms with van der Waals surface area (Å²) in [6.45, 7) is 2.25. The first-order chi connectivity index (χ1) is 15.2. The van der Waals surface area contributed by atoms with Crippen molar-refractivity contribution >= 4 is 39.8 Å². The molecule has 6 heteroatoms. The molecule has 3 aromatic carbocycles. The number of benzene rings is 3. The first-order valence-electron chi connectivity index (χ1n) is 10.2. The highest BCUT2D eigenvalue weighted by molar-refractivity contribution is 6.00. The average Bonchev–Trinajstić information content (AvgIpc) is 3.12. The monoisotopic (exact) mass is 413 g/mol. The molecule has 1 amide bonds.